The van der Waals surface area contributed by atoms with Gasteiger partial charge in [-0.05, 0) is 25.1 Å². The lowest BCUT2D eigenvalue weighted by Gasteiger charge is -2.03. The van der Waals surface area contributed by atoms with Crippen LogP contribution in [0.2, 0.25) is 0 Å². The number of amides is 1. The van der Waals surface area contributed by atoms with Gasteiger partial charge in [-0.3, -0.25) is 4.79 Å². The third-order valence-corrected chi connectivity index (χ3v) is 3.65. The number of carbonyl (C=O) groups is 1. The Bertz CT molecular complexity index is 657. The first kappa shape index (κ1) is 13.2. The van der Waals surface area contributed by atoms with E-state index in [4.69, 9.17) is 11.0 Å². The van der Waals surface area contributed by atoms with E-state index in [1.807, 2.05) is 6.07 Å². The molecule has 0 saturated carbocycles. The third-order valence-electron chi connectivity index (χ3n) is 2.47. The van der Waals surface area contributed by atoms with Crippen molar-refractivity contribution in [3.63, 3.8) is 0 Å². The first-order chi connectivity index (χ1) is 9.13. The van der Waals surface area contributed by atoms with Gasteiger partial charge in [-0.25, -0.2) is 4.98 Å². The number of hydrogen-bond donors (Lipinski definition) is 2. The highest BCUT2D eigenvalue weighted by molar-refractivity contribution is 7.13. The van der Waals surface area contributed by atoms with Gasteiger partial charge in [0.25, 0.3) is 5.91 Å². The van der Waals surface area contributed by atoms with E-state index in [-0.39, 0.29) is 5.91 Å². The van der Waals surface area contributed by atoms with Crippen LogP contribution in [0.25, 0.3) is 0 Å². The van der Waals surface area contributed by atoms with E-state index in [1.165, 1.54) is 11.3 Å². The van der Waals surface area contributed by atoms with Crippen molar-refractivity contribution in [3.8, 4) is 6.07 Å². The van der Waals surface area contributed by atoms with Crippen molar-refractivity contribution < 1.29 is 4.79 Å². The van der Waals surface area contributed by atoms with Crippen LogP contribution >= 0.6 is 11.3 Å². The van der Waals surface area contributed by atoms with Gasteiger partial charge in [0.2, 0.25) is 0 Å². The van der Waals surface area contributed by atoms with Crippen LogP contribution in [0.3, 0.4) is 0 Å². The molecule has 0 aliphatic heterocycles. The summed E-state index contributed by atoms with van der Waals surface area (Å²) in [5.74, 6) is -0.232. The van der Waals surface area contributed by atoms with Crippen LogP contribution in [0.4, 0.5) is 5.69 Å². The number of thiazole rings is 1. The molecule has 1 aromatic carbocycles. The van der Waals surface area contributed by atoms with Crippen LogP contribution in [0.15, 0.2) is 24.3 Å². The van der Waals surface area contributed by atoms with Gasteiger partial charge in [0, 0.05) is 12.2 Å². The predicted octanol–water partition coefficient (Wildman–Crippen LogP) is 2.03. The SMILES string of the molecule is Cc1nc(CN)sc1C(=O)Nc1cccc(C#N)c1. The van der Waals surface area contributed by atoms with Crippen molar-refractivity contribution in [2.45, 2.75) is 13.5 Å². The standard InChI is InChI=1S/C13H12N4OS/c1-8-12(19-11(7-15)16-8)13(18)17-10-4-2-3-9(5-10)6-14/h2-5H,7,15H2,1H3,(H,17,18). The number of carbonyl (C=O) groups excluding carboxylic acids is 1. The van der Waals surface area contributed by atoms with Gasteiger partial charge in [-0.1, -0.05) is 6.07 Å². The fourth-order valence-corrected chi connectivity index (χ4v) is 2.44. The van der Waals surface area contributed by atoms with Gasteiger partial charge in [-0.15, -0.1) is 11.3 Å². The summed E-state index contributed by atoms with van der Waals surface area (Å²) in [7, 11) is 0. The molecule has 6 heteroatoms. The Hall–Kier alpha value is -2.23. The van der Waals surface area contributed by atoms with Crippen molar-refractivity contribution in [1.29, 1.82) is 5.26 Å². The summed E-state index contributed by atoms with van der Waals surface area (Å²) in [6.45, 7) is 2.10. The van der Waals surface area contributed by atoms with Gasteiger partial charge < -0.3 is 11.1 Å². The minimum absolute atomic E-state index is 0.232. The number of hydrogen-bond acceptors (Lipinski definition) is 5. The number of rotatable bonds is 3. The molecule has 0 aliphatic carbocycles. The van der Waals surface area contributed by atoms with Gasteiger partial charge in [0.05, 0.1) is 17.3 Å². The first-order valence-electron chi connectivity index (χ1n) is 5.62. The topological polar surface area (TPSA) is 91.8 Å². The number of nitrogens with two attached hydrogens (primary N) is 1. The zero-order chi connectivity index (χ0) is 13.8. The second kappa shape index (κ2) is 5.61. The lowest BCUT2D eigenvalue weighted by Crippen LogP contribution is -2.11. The zero-order valence-electron chi connectivity index (χ0n) is 10.3. The maximum absolute atomic E-state index is 12.1. The van der Waals surface area contributed by atoms with E-state index in [2.05, 4.69) is 10.3 Å². The molecule has 3 N–H and O–H groups in total. The summed E-state index contributed by atoms with van der Waals surface area (Å²) in [4.78, 5) is 16.8. The molecule has 1 heterocycles. The maximum Gasteiger partial charge on any atom is 0.267 e. The van der Waals surface area contributed by atoms with Crippen LogP contribution in [0, 0.1) is 18.3 Å². The van der Waals surface area contributed by atoms with Crippen LogP contribution in [-0.2, 0) is 6.54 Å². The number of nitrogens with one attached hydrogen (secondary N) is 1. The Morgan fingerprint density at radius 1 is 1.58 bits per heavy atom. The minimum Gasteiger partial charge on any atom is -0.325 e. The molecule has 1 aromatic heterocycles. The molecule has 0 bridgehead atoms. The van der Waals surface area contributed by atoms with Gasteiger partial charge >= 0.3 is 0 Å². The van der Waals surface area contributed by atoms with E-state index >= 15 is 0 Å². The van der Waals surface area contributed by atoms with Crippen LogP contribution in [-0.4, -0.2) is 10.9 Å². The smallest absolute Gasteiger partial charge is 0.267 e. The lowest BCUT2D eigenvalue weighted by atomic mass is 10.2. The Morgan fingerprint density at radius 2 is 2.37 bits per heavy atom. The zero-order valence-corrected chi connectivity index (χ0v) is 11.1. The lowest BCUT2D eigenvalue weighted by molar-refractivity contribution is 0.103. The average Bonchev–Trinajstić information content (AvgIpc) is 2.80. The Kier molecular flexibility index (Phi) is 3.90. The summed E-state index contributed by atoms with van der Waals surface area (Å²) < 4.78 is 0. The quantitative estimate of drug-likeness (QED) is 0.894. The fraction of sp³-hybridized carbons (Fsp3) is 0.154. The molecule has 0 radical (unpaired) electrons. The second-order valence-corrected chi connectivity index (χ2v) is 4.96. The summed E-state index contributed by atoms with van der Waals surface area (Å²) in [6, 6.07) is 8.79. The van der Waals surface area contributed by atoms with E-state index < -0.39 is 0 Å². The molecule has 0 atom stereocenters. The summed E-state index contributed by atoms with van der Waals surface area (Å²) in [6.07, 6.45) is 0. The monoisotopic (exact) mass is 272 g/mol. The fourth-order valence-electron chi connectivity index (χ4n) is 1.60. The van der Waals surface area contributed by atoms with E-state index in [1.54, 1.807) is 31.2 Å². The number of aromatic nitrogens is 1. The second-order valence-electron chi connectivity index (χ2n) is 3.87. The van der Waals surface area contributed by atoms with Crippen molar-refractivity contribution in [2.75, 3.05) is 5.32 Å². The molecule has 2 rings (SSSR count). The Morgan fingerprint density at radius 3 is 3.00 bits per heavy atom. The first-order valence-corrected chi connectivity index (χ1v) is 6.43. The molecule has 2 aromatic rings. The summed E-state index contributed by atoms with van der Waals surface area (Å²) in [5.41, 5.74) is 7.26. The molecule has 0 spiro atoms. The van der Waals surface area contributed by atoms with Crippen LogP contribution < -0.4 is 11.1 Å². The molecule has 0 fully saturated rings. The molecule has 96 valence electrons. The highest BCUT2D eigenvalue weighted by atomic mass is 32.1. The molecule has 0 saturated heterocycles. The minimum atomic E-state index is -0.232. The van der Waals surface area contributed by atoms with Crippen molar-refractivity contribution >= 4 is 22.9 Å². The molecular formula is C13H12N4OS. The normalized spacial score (nSPS) is 9.95. The molecular weight excluding hydrogens is 260 g/mol. The molecule has 19 heavy (non-hydrogen) atoms. The Balaban J connectivity index is 2.20. The number of nitrogens with zero attached hydrogens (tertiary/aromatic N) is 2. The molecule has 5 nitrogen and oxygen atoms in total. The van der Waals surface area contributed by atoms with Gasteiger partial charge in [0.15, 0.2) is 0 Å². The third kappa shape index (κ3) is 2.96. The van der Waals surface area contributed by atoms with E-state index in [0.717, 1.165) is 5.01 Å². The number of nitriles is 1. The van der Waals surface area contributed by atoms with Crippen molar-refractivity contribution in [3.05, 3.63) is 45.4 Å². The number of anilines is 1. The van der Waals surface area contributed by atoms with Gasteiger partial charge in [0.1, 0.15) is 9.88 Å². The molecule has 0 unspecified atom stereocenters. The van der Waals surface area contributed by atoms with E-state index in [9.17, 15) is 4.79 Å². The van der Waals surface area contributed by atoms with Crippen LogP contribution in [0.1, 0.15) is 25.9 Å². The highest BCUT2D eigenvalue weighted by Gasteiger charge is 2.14. The predicted molar refractivity (Wildman–Crippen MR) is 73.9 cm³/mol. The van der Waals surface area contributed by atoms with E-state index in [0.29, 0.717) is 28.4 Å². The number of aryl methyl sites for hydroxylation is 1. The highest BCUT2D eigenvalue weighted by Crippen LogP contribution is 2.19. The van der Waals surface area contributed by atoms with Crippen molar-refractivity contribution in [1.82, 2.24) is 4.98 Å². The van der Waals surface area contributed by atoms with Crippen LogP contribution in [0.5, 0.6) is 0 Å². The van der Waals surface area contributed by atoms with Gasteiger partial charge in [-0.2, -0.15) is 5.26 Å². The number of benzene rings is 1. The molecule has 1 amide bonds. The Labute approximate surface area is 114 Å². The van der Waals surface area contributed by atoms with Crippen molar-refractivity contribution in [2.24, 2.45) is 5.73 Å². The average molecular weight is 272 g/mol. The maximum atomic E-state index is 12.1. The molecule has 0 aliphatic rings. The summed E-state index contributed by atoms with van der Waals surface area (Å²) >= 11 is 1.28. The summed E-state index contributed by atoms with van der Waals surface area (Å²) in [5, 5.41) is 12.3. The largest absolute Gasteiger partial charge is 0.325 e.